The second kappa shape index (κ2) is 8.90. The molecule has 0 atom stereocenters. The molecule has 3 aromatic carbocycles. The number of aryl methyl sites for hydroxylation is 2. The summed E-state index contributed by atoms with van der Waals surface area (Å²) in [6.45, 7) is 7.63. The molecule has 0 unspecified atom stereocenters. The Morgan fingerprint density at radius 1 is 0.909 bits per heavy atom. The Hall–Kier alpha value is -3.93. The topological polar surface area (TPSA) is 58.6 Å². The van der Waals surface area contributed by atoms with E-state index < -0.39 is 11.8 Å². The summed E-state index contributed by atoms with van der Waals surface area (Å²) in [4.78, 5) is 28.5. The molecule has 33 heavy (non-hydrogen) atoms. The SMILES string of the molecule is Cc1ccc(C2=C(Nc3ccc(F)cc3)C(=O)N(c3ccccc3OC(C)C)C2=O)c(C)c1. The fourth-order valence-electron chi connectivity index (χ4n) is 3.88. The van der Waals surface area contributed by atoms with Gasteiger partial charge in [-0.25, -0.2) is 9.29 Å². The smallest absolute Gasteiger partial charge is 0.282 e. The zero-order chi connectivity index (χ0) is 23.7. The molecule has 1 N–H and O–H groups in total. The maximum Gasteiger partial charge on any atom is 0.282 e. The van der Waals surface area contributed by atoms with E-state index in [1.54, 1.807) is 24.3 Å². The van der Waals surface area contributed by atoms with E-state index in [0.717, 1.165) is 16.0 Å². The molecule has 6 heteroatoms. The first-order valence-corrected chi connectivity index (χ1v) is 10.7. The number of hydrogen-bond acceptors (Lipinski definition) is 4. The minimum atomic E-state index is -0.501. The maximum atomic E-state index is 13.7. The Kier molecular flexibility index (Phi) is 6.01. The Labute approximate surface area is 192 Å². The van der Waals surface area contributed by atoms with Gasteiger partial charge in [-0.2, -0.15) is 0 Å². The lowest BCUT2D eigenvalue weighted by molar-refractivity contribution is -0.120. The van der Waals surface area contributed by atoms with Crippen LogP contribution in [0.25, 0.3) is 5.57 Å². The second-order valence-corrected chi connectivity index (χ2v) is 8.28. The maximum absolute atomic E-state index is 13.7. The lowest BCUT2D eigenvalue weighted by Crippen LogP contribution is -2.33. The van der Waals surface area contributed by atoms with Crippen LogP contribution in [-0.2, 0) is 9.59 Å². The van der Waals surface area contributed by atoms with Crippen molar-refractivity contribution >= 4 is 28.8 Å². The highest BCUT2D eigenvalue weighted by Gasteiger charge is 2.42. The molecule has 168 valence electrons. The normalized spacial score (nSPS) is 13.8. The van der Waals surface area contributed by atoms with Gasteiger partial charge in [-0.1, -0.05) is 35.9 Å². The number of carbonyl (C=O) groups excluding carboxylic acids is 2. The van der Waals surface area contributed by atoms with Gasteiger partial charge in [-0.05, 0) is 75.2 Å². The first-order valence-electron chi connectivity index (χ1n) is 10.7. The molecule has 2 amide bonds. The van der Waals surface area contributed by atoms with Gasteiger partial charge in [0, 0.05) is 5.69 Å². The molecule has 0 fully saturated rings. The van der Waals surface area contributed by atoms with E-state index in [1.165, 1.54) is 24.3 Å². The second-order valence-electron chi connectivity index (χ2n) is 8.28. The summed E-state index contributed by atoms with van der Waals surface area (Å²) in [7, 11) is 0. The number of anilines is 2. The molecule has 1 aliphatic rings. The van der Waals surface area contributed by atoms with Gasteiger partial charge in [0.1, 0.15) is 17.3 Å². The third kappa shape index (κ3) is 4.37. The van der Waals surface area contributed by atoms with E-state index in [0.29, 0.717) is 22.7 Å². The van der Waals surface area contributed by atoms with Gasteiger partial charge in [0.25, 0.3) is 11.8 Å². The molecule has 0 radical (unpaired) electrons. The Morgan fingerprint density at radius 3 is 2.27 bits per heavy atom. The summed E-state index contributed by atoms with van der Waals surface area (Å²) in [5, 5.41) is 3.06. The summed E-state index contributed by atoms with van der Waals surface area (Å²) < 4.78 is 19.3. The van der Waals surface area contributed by atoms with E-state index in [4.69, 9.17) is 4.74 Å². The number of nitrogens with one attached hydrogen (secondary N) is 1. The van der Waals surface area contributed by atoms with E-state index in [9.17, 15) is 14.0 Å². The number of benzene rings is 3. The highest BCUT2D eigenvalue weighted by Crippen LogP contribution is 2.39. The predicted molar refractivity (Wildman–Crippen MR) is 128 cm³/mol. The third-order valence-corrected chi connectivity index (χ3v) is 5.32. The lowest BCUT2D eigenvalue weighted by atomic mass is 9.97. The average Bonchev–Trinajstić information content (AvgIpc) is 2.99. The van der Waals surface area contributed by atoms with Crippen molar-refractivity contribution in [1.29, 1.82) is 0 Å². The van der Waals surface area contributed by atoms with Crippen molar-refractivity contribution in [3.8, 4) is 5.75 Å². The molecule has 0 saturated heterocycles. The zero-order valence-electron chi connectivity index (χ0n) is 19.0. The van der Waals surface area contributed by atoms with E-state index in [-0.39, 0.29) is 23.2 Å². The van der Waals surface area contributed by atoms with Crippen molar-refractivity contribution in [1.82, 2.24) is 0 Å². The Balaban J connectivity index is 1.85. The first kappa shape index (κ1) is 22.3. The lowest BCUT2D eigenvalue weighted by Gasteiger charge is -2.20. The minimum absolute atomic E-state index is 0.137. The summed E-state index contributed by atoms with van der Waals surface area (Å²) >= 11 is 0. The van der Waals surface area contributed by atoms with Crippen LogP contribution in [0.15, 0.2) is 72.4 Å². The van der Waals surface area contributed by atoms with Gasteiger partial charge in [0.2, 0.25) is 0 Å². The fraction of sp³-hybridized carbons (Fsp3) is 0.185. The van der Waals surface area contributed by atoms with Crippen LogP contribution in [-0.4, -0.2) is 17.9 Å². The number of imide groups is 1. The van der Waals surface area contributed by atoms with Crippen molar-refractivity contribution in [2.75, 3.05) is 10.2 Å². The number of amides is 2. The van der Waals surface area contributed by atoms with Gasteiger partial charge in [-0.15, -0.1) is 0 Å². The molecule has 0 aliphatic carbocycles. The van der Waals surface area contributed by atoms with Crippen LogP contribution in [0.1, 0.15) is 30.5 Å². The standard InChI is InChI=1S/C27H25FN2O3/c1-16(2)33-23-8-6-5-7-22(23)30-26(31)24(21-14-9-17(3)15-18(21)4)25(27(30)32)29-20-12-10-19(28)11-13-20/h5-16,29H,1-4H3. The molecule has 5 nitrogen and oxygen atoms in total. The molecule has 4 rings (SSSR count). The molecule has 0 saturated carbocycles. The number of ether oxygens (including phenoxy) is 1. The highest BCUT2D eigenvalue weighted by atomic mass is 19.1. The number of hydrogen-bond donors (Lipinski definition) is 1. The van der Waals surface area contributed by atoms with Gasteiger partial charge < -0.3 is 10.1 Å². The Bertz CT molecular complexity index is 1260. The van der Waals surface area contributed by atoms with Crippen LogP contribution in [0.3, 0.4) is 0 Å². The molecular weight excluding hydrogens is 419 g/mol. The van der Waals surface area contributed by atoms with Crippen LogP contribution in [0.4, 0.5) is 15.8 Å². The third-order valence-electron chi connectivity index (χ3n) is 5.32. The number of nitrogens with zero attached hydrogens (tertiary/aromatic N) is 1. The minimum Gasteiger partial charge on any atom is -0.489 e. The van der Waals surface area contributed by atoms with Crippen LogP contribution < -0.4 is 15.0 Å². The molecule has 0 aromatic heterocycles. The van der Waals surface area contributed by atoms with Gasteiger partial charge in [-0.3, -0.25) is 9.59 Å². The summed E-state index contributed by atoms with van der Waals surface area (Å²) in [5.74, 6) is -0.896. The average molecular weight is 445 g/mol. The number of carbonyl (C=O) groups is 2. The number of para-hydroxylation sites is 2. The van der Waals surface area contributed by atoms with Crippen LogP contribution in [0, 0.1) is 19.7 Å². The van der Waals surface area contributed by atoms with E-state index >= 15 is 0 Å². The molecule has 1 aliphatic heterocycles. The highest BCUT2D eigenvalue weighted by molar-refractivity contribution is 6.46. The van der Waals surface area contributed by atoms with Crippen molar-refractivity contribution in [3.63, 3.8) is 0 Å². The van der Waals surface area contributed by atoms with Gasteiger partial charge in [0.05, 0.1) is 17.4 Å². The molecule has 0 bridgehead atoms. The van der Waals surface area contributed by atoms with Crippen LogP contribution in [0.2, 0.25) is 0 Å². The zero-order valence-corrected chi connectivity index (χ0v) is 19.0. The van der Waals surface area contributed by atoms with Gasteiger partial charge in [0.15, 0.2) is 0 Å². The molecule has 3 aromatic rings. The summed E-state index contributed by atoms with van der Waals surface area (Å²) in [5.41, 5.74) is 3.86. The predicted octanol–water partition coefficient (Wildman–Crippen LogP) is 5.63. The Morgan fingerprint density at radius 2 is 1.61 bits per heavy atom. The van der Waals surface area contributed by atoms with Crippen molar-refractivity contribution < 1.29 is 18.7 Å². The fourth-order valence-corrected chi connectivity index (χ4v) is 3.88. The van der Waals surface area contributed by atoms with E-state index in [1.807, 2.05) is 45.9 Å². The van der Waals surface area contributed by atoms with Gasteiger partial charge >= 0.3 is 0 Å². The van der Waals surface area contributed by atoms with Crippen molar-refractivity contribution in [2.45, 2.75) is 33.8 Å². The quantitative estimate of drug-likeness (QED) is 0.501. The summed E-state index contributed by atoms with van der Waals surface area (Å²) in [6, 6.07) is 18.3. The molecule has 1 heterocycles. The van der Waals surface area contributed by atoms with Crippen molar-refractivity contribution in [3.05, 3.63) is 94.9 Å². The first-order chi connectivity index (χ1) is 15.8. The summed E-state index contributed by atoms with van der Waals surface area (Å²) in [6.07, 6.45) is -0.137. The van der Waals surface area contributed by atoms with E-state index in [2.05, 4.69) is 5.32 Å². The van der Waals surface area contributed by atoms with Crippen LogP contribution in [0.5, 0.6) is 5.75 Å². The monoisotopic (exact) mass is 444 g/mol. The van der Waals surface area contributed by atoms with Crippen LogP contribution >= 0.6 is 0 Å². The molecular formula is C27H25FN2O3. The molecule has 0 spiro atoms. The number of rotatable bonds is 6. The van der Waals surface area contributed by atoms with Crippen molar-refractivity contribution in [2.24, 2.45) is 0 Å². The number of halogens is 1. The largest absolute Gasteiger partial charge is 0.489 e.